The van der Waals surface area contributed by atoms with Gasteiger partial charge in [0.1, 0.15) is 19.0 Å². The minimum atomic E-state index is -0.394. The molecule has 0 fully saturated rings. The Bertz CT molecular complexity index is 690. The van der Waals surface area contributed by atoms with Crippen LogP contribution in [0.4, 0.5) is 4.39 Å². The first kappa shape index (κ1) is 14.7. The van der Waals surface area contributed by atoms with Crippen molar-refractivity contribution in [3.63, 3.8) is 0 Å². The van der Waals surface area contributed by atoms with Crippen LogP contribution in [-0.4, -0.2) is 13.2 Å². The first-order valence-electron chi connectivity index (χ1n) is 6.55. The van der Waals surface area contributed by atoms with Gasteiger partial charge in [-0.15, -0.1) is 11.6 Å². The quantitative estimate of drug-likeness (QED) is 0.692. The molecule has 1 atom stereocenters. The molecule has 0 saturated carbocycles. The van der Waals surface area contributed by atoms with Gasteiger partial charge in [0.05, 0.1) is 5.38 Å². The number of ether oxygens (including phenoxy) is 2. The van der Waals surface area contributed by atoms with Crippen molar-refractivity contribution in [1.29, 1.82) is 0 Å². The Kier molecular flexibility index (Phi) is 4.09. The molecule has 110 valence electrons. The van der Waals surface area contributed by atoms with E-state index in [4.69, 9.17) is 21.1 Å². The minimum absolute atomic E-state index is 0.233. The molecule has 0 amide bonds. The van der Waals surface area contributed by atoms with Crippen molar-refractivity contribution in [3.05, 3.63) is 57.3 Å². The monoisotopic (exact) mass is 370 g/mol. The van der Waals surface area contributed by atoms with Crippen LogP contribution in [-0.2, 0) is 0 Å². The molecule has 0 saturated heterocycles. The van der Waals surface area contributed by atoms with Gasteiger partial charge in [0.15, 0.2) is 11.5 Å². The lowest BCUT2D eigenvalue weighted by Gasteiger charge is -2.21. The summed E-state index contributed by atoms with van der Waals surface area (Å²) in [5, 5.41) is -0.394. The first-order valence-corrected chi connectivity index (χ1v) is 7.78. The molecule has 2 aromatic carbocycles. The number of halogens is 3. The molecule has 5 heteroatoms. The number of fused-ring (bicyclic) bond motifs is 1. The predicted octanol–water partition coefficient (Wildman–Crippen LogP) is 5.00. The third-order valence-electron chi connectivity index (χ3n) is 3.41. The van der Waals surface area contributed by atoms with E-state index >= 15 is 0 Å². The van der Waals surface area contributed by atoms with Crippen LogP contribution in [0.1, 0.15) is 22.1 Å². The predicted molar refractivity (Wildman–Crippen MR) is 84.0 cm³/mol. The second kappa shape index (κ2) is 5.85. The van der Waals surface area contributed by atoms with Crippen molar-refractivity contribution >= 4 is 27.5 Å². The van der Waals surface area contributed by atoms with Gasteiger partial charge in [0, 0.05) is 4.47 Å². The van der Waals surface area contributed by atoms with Gasteiger partial charge in [-0.3, -0.25) is 0 Å². The topological polar surface area (TPSA) is 18.5 Å². The minimum Gasteiger partial charge on any atom is -0.486 e. The number of hydrogen-bond acceptors (Lipinski definition) is 2. The van der Waals surface area contributed by atoms with E-state index in [1.54, 1.807) is 19.1 Å². The summed E-state index contributed by atoms with van der Waals surface area (Å²) in [6, 6.07) is 8.62. The fourth-order valence-electron chi connectivity index (χ4n) is 2.28. The normalized spacial score (nSPS) is 14.9. The zero-order valence-corrected chi connectivity index (χ0v) is 13.7. The maximum atomic E-state index is 13.4. The molecule has 0 aliphatic carbocycles. The Morgan fingerprint density at radius 1 is 1.14 bits per heavy atom. The highest BCUT2D eigenvalue weighted by molar-refractivity contribution is 9.10. The Labute approximate surface area is 136 Å². The molecule has 0 spiro atoms. The van der Waals surface area contributed by atoms with Crippen LogP contribution >= 0.6 is 27.5 Å². The average Bonchev–Trinajstić information content (AvgIpc) is 2.48. The molecule has 3 rings (SSSR count). The van der Waals surface area contributed by atoms with Crippen LogP contribution in [0.3, 0.4) is 0 Å². The standard InChI is InChI=1S/C16H13BrClFO2/c1-9-6-10(2-3-13(9)19)16(18)11-7-14-15(8-12(11)17)21-5-4-20-14/h2-3,6-8,16H,4-5H2,1H3. The second-order valence-electron chi connectivity index (χ2n) is 4.89. The Morgan fingerprint density at radius 2 is 1.81 bits per heavy atom. The molecule has 0 N–H and O–H groups in total. The summed E-state index contributed by atoms with van der Waals surface area (Å²) >= 11 is 10.1. The fraction of sp³-hybridized carbons (Fsp3) is 0.250. The van der Waals surface area contributed by atoms with Crippen LogP contribution in [0.2, 0.25) is 0 Å². The summed E-state index contributed by atoms with van der Waals surface area (Å²) in [4.78, 5) is 0. The van der Waals surface area contributed by atoms with E-state index in [1.165, 1.54) is 6.07 Å². The van der Waals surface area contributed by atoms with Gasteiger partial charge >= 0.3 is 0 Å². The third kappa shape index (κ3) is 2.87. The molecule has 0 radical (unpaired) electrons. The van der Waals surface area contributed by atoms with Gasteiger partial charge in [-0.1, -0.05) is 28.1 Å². The molecule has 2 aromatic rings. The SMILES string of the molecule is Cc1cc(C(Cl)c2cc3c(cc2Br)OCCO3)ccc1F. The number of benzene rings is 2. The van der Waals surface area contributed by atoms with Crippen molar-refractivity contribution in [3.8, 4) is 11.5 Å². The number of alkyl halides is 1. The summed E-state index contributed by atoms with van der Waals surface area (Å²) in [5.74, 6) is 1.16. The Balaban J connectivity index is 2.00. The smallest absolute Gasteiger partial charge is 0.162 e. The summed E-state index contributed by atoms with van der Waals surface area (Å²) in [6.07, 6.45) is 0. The van der Waals surface area contributed by atoms with E-state index in [-0.39, 0.29) is 5.82 Å². The molecule has 21 heavy (non-hydrogen) atoms. The van der Waals surface area contributed by atoms with Crippen LogP contribution in [0, 0.1) is 12.7 Å². The van der Waals surface area contributed by atoms with E-state index < -0.39 is 5.38 Å². The number of aryl methyl sites for hydroxylation is 1. The highest BCUT2D eigenvalue weighted by Gasteiger charge is 2.20. The van der Waals surface area contributed by atoms with Crippen molar-refractivity contribution in [2.45, 2.75) is 12.3 Å². The lowest BCUT2D eigenvalue weighted by atomic mass is 10.0. The zero-order valence-electron chi connectivity index (χ0n) is 11.3. The molecule has 1 unspecified atom stereocenters. The second-order valence-corrected chi connectivity index (χ2v) is 6.18. The highest BCUT2D eigenvalue weighted by atomic mass is 79.9. The van der Waals surface area contributed by atoms with Gasteiger partial charge in [0.2, 0.25) is 0 Å². The van der Waals surface area contributed by atoms with Crippen LogP contribution < -0.4 is 9.47 Å². The van der Waals surface area contributed by atoms with E-state index in [0.717, 1.165) is 15.6 Å². The van der Waals surface area contributed by atoms with Crippen LogP contribution in [0.15, 0.2) is 34.8 Å². The van der Waals surface area contributed by atoms with Gasteiger partial charge in [-0.2, -0.15) is 0 Å². The third-order valence-corrected chi connectivity index (χ3v) is 4.58. The Morgan fingerprint density at radius 3 is 2.48 bits per heavy atom. The highest BCUT2D eigenvalue weighted by Crippen LogP contribution is 2.41. The summed E-state index contributed by atoms with van der Waals surface area (Å²) in [7, 11) is 0. The molecule has 2 nitrogen and oxygen atoms in total. The molecule has 1 aliphatic heterocycles. The van der Waals surface area contributed by atoms with Gasteiger partial charge in [-0.05, 0) is 41.8 Å². The zero-order chi connectivity index (χ0) is 15.0. The van der Waals surface area contributed by atoms with Crippen LogP contribution in [0.25, 0.3) is 0 Å². The molecule has 0 bridgehead atoms. The van der Waals surface area contributed by atoms with Crippen molar-refractivity contribution in [2.24, 2.45) is 0 Å². The maximum absolute atomic E-state index is 13.4. The molecular formula is C16H13BrClFO2. The van der Waals surface area contributed by atoms with E-state index in [9.17, 15) is 4.39 Å². The summed E-state index contributed by atoms with van der Waals surface area (Å²) in [5.41, 5.74) is 2.28. The molecule has 0 aromatic heterocycles. The Hall–Kier alpha value is -1.26. The molecular weight excluding hydrogens is 359 g/mol. The van der Waals surface area contributed by atoms with Gasteiger partial charge in [-0.25, -0.2) is 4.39 Å². The number of rotatable bonds is 2. The van der Waals surface area contributed by atoms with Crippen LogP contribution in [0.5, 0.6) is 11.5 Å². The summed E-state index contributed by atoms with van der Waals surface area (Å²) < 4.78 is 25.3. The van der Waals surface area contributed by atoms with Gasteiger partial charge < -0.3 is 9.47 Å². The van der Waals surface area contributed by atoms with E-state index in [2.05, 4.69) is 15.9 Å². The molecule has 1 heterocycles. The lowest BCUT2D eigenvalue weighted by molar-refractivity contribution is 0.171. The first-order chi connectivity index (χ1) is 10.1. The van der Waals surface area contributed by atoms with Crippen molar-refractivity contribution in [1.82, 2.24) is 0 Å². The number of hydrogen-bond donors (Lipinski definition) is 0. The maximum Gasteiger partial charge on any atom is 0.162 e. The largest absolute Gasteiger partial charge is 0.486 e. The average molecular weight is 372 g/mol. The van der Waals surface area contributed by atoms with E-state index in [1.807, 2.05) is 12.1 Å². The summed E-state index contributed by atoms with van der Waals surface area (Å²) in [6.45, 7) is 2.79. The van der Waals surface area contributed by atoms with E-state index in [0.29, 0.717) is 30.3 Å². The molecule has 1 aliphatic rings. The fourth-order valence-corrected chi connectivity index (χ4v) is 3.28. The van der Waals surface area contributed by atoms with Crippen molar-refractivity contribution in [2.75, 3.05) is 13.2 Å². The lowest BCUT2D eigenvalue weighted by Crippen LogP contribution is -2.15. The van der Waals surface area contributed by atoms with Crippen molar-refractivity contribution < 1.29 is 13.9 Å². The van der Waals surface area contributed by atoms with Gasteiger partial charge in [0.25, 0.3) is 0 Å².